The van der Waals surface area contributed by atoms with Crippen LogP contribution in [0, 0.1) is 0 Å². The quantitative estimate of drug-likeness (QED) is 0.124. The number of benzene rings is 8. The zero-order valence-electron chi connectivity index (χ0n) is 30.9. The summed E-state index contributed by atoms with van der Waals surface area (Å²) < 4.78 is 0. The first kappa shape index (κ1) is 33.9. The largest absolute Gasteiger partial charge is 0.310 e. The third-order valence-corrected chi connectivity index (χ3v) is 10.9. The fourth-order valence-corrected chi connectivity index (χ4v) is 8.17. The Kier molecular flexibility index (Phi) is 9.15. The lowest BCUT2D eigenvalue weighted by molar-refractivity contribution is 0.867. The molecule has 0 aliphatic heterocycles. The molecule has 1 aliphatic carbocycles. The van der Waals surface area contributed by atoms with Gasteiger partial charge in [-0.3, -0.25) is 0 Å². The molecule has 0 saturated carbocycles. The Hall–Kier alpha value is -6.90. The van der Waals surface area contributed by atoms with E-state index >= 15 is 0 Å². The van der Waals surface area contributed by atoms with E-state index in [1.807, 2.05) is 12.2 Å². The molecule has 0 fully saturated rings. The van der Waals surface area contributed by atoms with Gasteiger partial charge >= 0.3 is 0 Å². The zero-order valence-corrected chi connectivity index (χ0v) is 30.9. The SMILES string of the molecule is C=CCC(C=C)c1ccc(N(c2ccc(-c3ccccc3)cc2)c2ccc3c(c2)Cc2cc(N(c4ccccc4)c4cccc5ccccc45)ccc2-3)cc1. The molecule has 0 bridgehead atoms. The average Bonchev–Trinajstić information content (AvgIpc) is 3.61. The lowest BCUT2D eigenvalue weighted by atomic mass is 9.95. The lowest BCUT2D eigenvalue weighted by Gasteiger charge is -2.27. The second kappa shape index (κ2) is 14.9. The molecule has 55 heavy (non-hydrogen) atoms. The summed E-state index contributed by atoms with van der Waals surface area (Å²) in [5, 5.41) is 2.46. The van der Waals surface area contributed by atoms with Crippen molar-refractivity contribution in [2.45, 2.75) is 18.8 Å². The van der Waals surface area contributed by atoms with Gasteiger partial charge in [0, 0.05) is 39.7 Å². The molecule has 8 aromatic rings. The predicted molar refractivity (Wildman–Crippen MR) is 235 cm³/mol. The Morgan fingerprint density at radius 3 is 1.65 bits per heavy atom. The highest BCUT2D eigenvalue weighted by Crippen LogP contribution is 2.46. The van der Waals surface area contributed by atoms with E-state index in [9.17, 15) is 0 Å². The second-order valence-corrected chi connectivity index (χ2v) is 14.2. The molecule has 0 aromatic heterocycles. The number of hydrogen-bond donors (Lipinski definition) is 0. The fourth-order valence-electron chi connectivity index (χ4n) is 8.17. The molecule has 0 amide bonds. The van der Waals surface area contributed by atoms with Crippen molar-refractivity contribution in [1.29, 1.82) is 0 Å². The third-order valence-electron chi connectivity index (χ3n) is 10.9. The first-order valence-electron chi connectivity index (χ1n) is 19.1. The van der Waals surface area contributed by atoms with Gasteiger partial charge in [-0.1, -0.05) is 133 Å². The van der Waals surface area contributed by atoms with E-state index in [0.717, 1.165) is 41.3 Å². The molecule has 1 atom stereocenters. The van der Waals surface area contributed by atoms with Gasteiger partial charge in [-0.25, -0.2) is 0 Å². The third kappa shape index (κ3) is 6.53. The maximum Gasteiger partial charge on any atom is 0.0540 e. The number of rotatable bonds is 11. The number of nitrogens with zero attached hydrogens (tertiary/aromatic N) is 2. The molecule has 0 spiro atoms. The highest BCUT2D eigenvalue weighted by molar-refractivity contribution is 5.99. The fraction of sp³-hybridized carbons (Fsp3) is 0.0566. The van der Waals surface area contributed by atoms with Crippen molar-refractivity contribution in [3.63, 3.8) is 0 Å². The van der Waals surface area contributed by atoms with Gasteiger partial charge in [-0.05, 0) is 124 Å². The summed E-state index contributed by atoms with van der Waals surface area (Å²) in [7, 11) is 0. The molecule has 8 aromatic carbocycles. The van der Waals surface area contributed by atoms with Crippen LogP contribution in [0.4, 0.5) is 34.1 Å². The normalized spacial score (nSPS) is 12.1. The van der Waals surface area contributed by atoms with Gasteiger partial charge in [0.05, 0.1) is 5.69 Å². The lowest BCUT2D eigenvalue weighted by Crippen LogP contribution is -2.10. The van der Waals surface area contributed by atoms with Crippen molar-refractivity contribution in [2.75, 3.05) is 9.80 Å². The standard InChI is InChI=1S/C53H42N2/c1-3-14-38(4-2)40-23-27-46(28-24-40)54(47-29-25-41(26-30-47)39-15-7-5-8-16-39)48-31-33-50-43(36-48)35-44-37-49(32-34-51(44)50)55(45-19-9-6-10-20-45)53-22-13-18-42-17-11-12-21-52(42)53/h3-13,15-34,36-38H,1-2,14,35H2. The van der Waals surface area contributed by atoms with Crippen molar-refractivity contribution in [3.05, 3.63) is 230 Å². The molecular formula is C53H42N2. The van der Waals surface area contributed by atoms with Gasteiger partial charge < -0.3 is 9.80 Å². The first-order valence-corrected chi connectivity index (χ1v) is 19.1. The average molecular weight is 707 g/mol. The highest BCUT2D eigenvalue weighted by Gasteiger charge is 2.24. The molecule has 264 valence electrons. The van der Waals surface area contributed by atoms with Crippen LogP contribution in [0.1, 0.15) is 29.0 Å². The van der Waals surface area contributed by atoms with Crippen molar-refractivity contribution in [1.82, 2.24) is 0 Å². The van der Waals surface area contributed by atoms with Crippen LogP contribution in [0.3, 0.4) is 0 Å². The Labute approximate surface area is 324 Å². The van der Waals surface area contributed by atoms with Gasteiger partial charge in [-0.2, -0.15) is 0 Å². The van der Waals surface area contributed by atoms with Gasteiger partial charge in [0.2, 0.25) is 0 Å². The monoisotopic (exact) mass is 706 g/mol. The maximum absolute atomic E-state index is 4.09. The summed E-state index contributed by atoms with van der Waals surface area (Å²) in [6, 6.07) is 68.3. The Morgan fingerprint density at radius 1 is 0.473 bits per heavy atom. The minimum Gasteiger partial charge on any atom is -0.310 e. The van der Waals surface area contributed by atoms with Crippen LogP contribution in [-0.4, -0.2) is 0 Å². The Bertz CT molecular complexity index is 2620. The Morgan fingerprint density at radius 2 is 1.00 bits per heavy atom. The van der Waals surface area contributed by atoms with Gasteiger partial charge in [-0.15, -0.1) is 13.2 Å². The molecule has 0 saturated heterocycles. The minimum absolute atomic E-state index is 0.243. The topological polar surface area (TPSA) is 6.48 Å². The van der Waals surface area contributed by atoms with Crippen LogP contribution in [0.15, 0.2) is 213 Å². The molecule has 0 radical (unpaired) electrons. The number of fused-ring (bicyclic) bond motifs is 4. The minimum atomic E-state index is 0.243. The first-order chi connectivity index (χ1) is 27.2. The van der Waals surface area contributed by atoms with Crippen LogP contribution in [0.5, 0.6) is 0 Å². The summed E-state index contributed by atoms with van der Waals surface area (Å²) in [6.45, 7) is 8.05. The smallest absolute Gasteiger partial charge is 0.0540 e. The number of para-hydroxylation sites is 1. The van der Waals surface area contributed by atoms with E-state index in [1.54, 1.807) is 0 Å². The van der Waals surface area contributed by atoms with Crippen LogP contribution in [0.2, 0.25) is 0 Å². The van der Waals surface area contributed by atoms with Crippen molar-refractivity contribution in [2.24, 2.45) is 0 Å². The van der Waals surface area contributed by atoms with Crippen LogP contribution in [0.25, 0.3) is 33.0 Å². The summed E-state index contributed by atoms with van der Waals surface area (Å²) in [5.74, 6) is 0.243. The highest BCUT2D eigenvalue weighted by atomic mass is 15.1. The number of anilines is 6. The maximum atomic E-state index is 4.09. The molecule has 0 heterocycles. The molecular weight excluding hydrogens is 665 g/mol. The summed E-state index contributed by atoms with van der Waals surface area (Å²) in [4.78, 5) is 4.77. The summed E-state index contributed by atoms with van der Waals surface area (Å²) in [6.07, 6.45) is 5.72. The van der Waals surface area contributed by atoms with Gasteiger partial charge in [0.15, 0.2) is 0 Å². The molecule has 1 aliphatic rings. The van der Waals surface area contributed by atoms with Crippen LogP contribution < -0.4 is 9.80 Å². The molecule has 2 heteroatoms. The number of hydrogen-bond acceptors (Lipinski definition) is 2. The van der Waals surface area contributed by atoms with E-state index in [4.69, 9.17) is 0 Å². The van der Waals surface area contributed by atoms with E-state index in [2.05, 4.69) is 211 Å². The van der Waals surface area contributed by atoms with E-state index in [1.165, 1.54) is 55.4 Å². The molecule has 1 unspecified atom stereocenters. The van der Waals surface area contributed by atoms with E-state index in [-0.39, 0.29) is 5.92 Å². The predicted octanol–water partition coefficient (Wildman–Crippen LogP) is 14.9. The van der Waals surface area contributed by atoms with Crippen molar-refractivity contribution in [3.8, 4) is 22.3 Å². The van der Waals surface area contributed by atoms with Gasteiger partial charge in [0.1, 0.15) is 0 Å². The van der Waals surface area contributed by atoms with Crippen LogP contribution >= 0.6 is 0 Å². The molecule has 9 rings (SSSR count). The number of allylic oxidation sites excluding steroid dienone is 2. The van der Waals surface area contributed by atoms with Crippen molar-refractivity contribution < 1.29 is 0 Å². The van der Waals surface area contributed by atoms with Crippen LogP contribution in [-0.2, 0) is 6.42 Å². The Balaban J connectivity index is 1.09. The zero-order chi connectivity index (χ0) is 37.1. The van der Waals surface area contributed by atoms with E-state index in [0.29, 0.717) is 0 Å². The summed E-state index contributed by atoms with van der Waals surface area (Å²) in [5.41, 5.74) is 15.8. The molecule has 0 N–H and O–H groups in total. The molecule has 2 nitrogen and oxygen atoms in total. The van der Waals surface area contributed by atoms with Crippen molar-refractivity contribution >= 4 is 44.9 Å². The second-order valence-electron chi connectivity index (χ2n) is 14.2. The summed E-state index contributed by atoms with van der Waals surface area (Å²) >= 11 is 0. The van der Waals surface area contributed by atoms with E-state index < -0.39 is 0 Å². The van der Waals surface area contributed by atoms with Gasteiger partial charge in [0.25, 0.3) is 0 Å².